The van der Waals surface area contributed by atoms with Crippen LogP contribution in [0.25, 0.3) is 11.0 Å². The normalized spacial score (nSPS) is 11.2. The molecule has 0 amide bonds. The van der Waals surface area contributed by atoms with Crippen molar-refractivity contribution in [2.24, 2.45) is 0 Å². The molecule has 3 nitrogen and oxygen atoms in total. The highest BCUT2D eigenvalue weighted by Gasteiger charge is 2.13. The molecule has 2 aromatic heterocycles. The minimum atomic E-state index is -0.253. The van der Waals surface area contributed by atoms with Crippen molar-refractivity contribution in [2.45, 2.75) is 17.5 Å². The number of halogens is 2. The number of thioether (sulfide) groups is 1. The lowest BCUT2D eigenvalue weighted by molar-refractivity contribution is 0.594. The van der Waals surface area contributed by atoms with E-state index in [2.05, 4.69) is 9.97 Å². The fourth-order valence-electron chi connectivity index (χ4n) is 2.74. The van der Waals surface area contributed by atoms with Crippen LogP contribution in [0.5, 0.6) is 0 Å². The topological polar surface area (TPSA) is 30.7 Å². The number of hydrogen-bond donors (Lipinski definition) is 0. The van der Waals surface area contributed by atoms with Crippen molar-refractivity contribution >= 4 is 22.8 Å². The Bertz CT molecular complexity index is 1040. The zero-order valence-electron chi connectivity index (χ0n) is 13.8. The number of hydrogen-bond acceptors (Lipinski definition) is 3. The summed E-state index contributed by atoms with van der Waals surface area (Å²) in [4.78, 5) is 8.83. The van der Waals surface area contributed by atoms with Gasteiger partial charge in [-0.25, -0.2) is 13.8 Å². The van der Waals surface area contributed by atoms with E-state index in [1.807, 2.05) is 16.7 Å². The summed E-state index contributed by atoms with van der Waals surface area (Å²) in [6, 6.07) is 15.0. The van der Waals surface area contributed by atoms with Crippen molar-refractivity contribution in [1.29, 1.82) is 0 Å². The van der Waals surface area contributed by atoms with Gasteiger partial charge in [0.15, 0.2) is 5.16 Å². The van der Waals surface area contributed by atoms with Crippen LogP contribution in [-0.2, 0) is 12.3 Å². The van der Waals surface area contributed by atoms with Crippen LogP contribution in [0.4, 0.5) is 8.78 Å². The fourth-order valence-corrected chi connectivity index (χ4v) is 3.71. The van der Waals surface area contributed by atoms with Crippen molar-refractivity contribution in [1.82, 2.24) is 14.5 Å². The van der Waals surface area contributed by atoms with E-state index in [0.29, 0.717) is 17.9 Å². The van der Waals surface area contributed by atoms with Crippen molar-refractivity contribution in [3.05, 3.63) is 89.8 Å². The largest absolute Gasteiger partial charge is 0.313 e. The van der Waals surface area contributed by atoms with Crippen molar-refractivity contribution in [3.8, 4) is 0 Å². The number of nitrogens with zero attached hydrogens (tertiary/aromatic N) is 3. The van der Waals surface area contributed by atoms with Gasteiger partial charge in [-0.2, -0.15) is 0 Å². The van der Waals surface area contributed by atoms with Crippen LogP contribution in [0, 0.1) is 11.6 Å². The van der Waals surface area contributed by atoms with Gasteiger partial charge in [-0.1, -0.05) is 42.1 Å². The summed E-state index contributed by atoms with van der Waals surface area (Å²) in [5.74, 6) is 0.151. The highest BCUT2D eigenvalue weighted by atomic mass is 32.2. The predicted octanol–water partition coefficient (Wildman–Crippen LogP) is 5.05. The molecule has 2 aromatic carbocycles. The van der Waals surface area contributed by atoms with Crippen LogP contribution in [0.1, 0.15) is 11.1 Å². The Morgan fingerprint density at radius 1 is 0.962 bits per heavy atom. The van der Waals surface area contributed by atoms with Crippen molar-refractivity contribution in [2.75, 3.05) is 0 Å². The molecule has 0 saturated heterocycles. The zero-order valence-corrected chi connectivity index (χ0v) is 14.6. The zero-order chi connectivity index (χ0) is 17.9. The van der Waals surface area contributed by atoms with E-state index in [9.17, 15) is 8.78 Å². The highest BCUT2D eigenvalue weighted by molar-refractivity contribution is 7.98. The molecule has 4 aromatic rings. The Balaban J connectivity index is 1.67. The van der Waals surface area contributed by atoms with E-state index < -0.39 is 0 Å². The second-order valence-electron chi connectivity index (χ2n) is 5.85. The van der Waals surface area contributed by atoms with E-state index in [1.54, 1.807) is 36.7 Å². The summed E-state index contributed by atoms with van der Waals surface area (Å²) in [5.41, 5.74) is 3.27. The summed E-state index contributed by atoms with van der Waals surface area (Å²) < 4.78 is 29.1. The summed E-state index contributed by atoms with van der Waals surface area (Å²) in [6.45, 7) is 0.376. The summed E-state index contributed by atoms with van der Waals surface area (Å²) >= 11 is 1.54. The molecule has 0 N–H and O–H groups in total. The molecule has 0 radical (unpaired) electrons. The van der Waals surface area contributed by atoms with E-state index in [-0.39, 0.29) is 11.6 Å². The molecule has 0 aliphatic carbocycles. The van der Waals surface area contributed by atoms with Crippen LogP contribution in [-0.4, -0.2) is 14.5 Å². The molecule has 0 aliphatic heterocycles. The lowest BCUT2D eigenvalue weighted by Gasteiger charge is -2.10. The molecule has 26 heavy (non-hydrogen) atoms. The van der Waals surface area contributed by atoms with Gasteiger partial charge in [-0.3, -0.25) is 4.98 Å². The molecule has 0 unspecified atom stereocenters. The number of fused-ring (bicyclic) bond motifs is 1. The Labute approximate surface area is 153 Å². The minimum absolute atomic E-state index is 0.243. The molecule has 0 aliphatic rings. The lowest BCUT2D eigenvalue weighted by atomic mass is 10.2. The molecule has 0 saturated carbocycles. The van der Waals surface area contributed by atoms with Gasteiger partial charge in [-0.05, 0) is 29.8 Å². The number of aromatic nitrogens is 3. The third kappa shape index (κ3) is 3.46. The van der Waals surface area contributed by atoms with Gasteiger partial charge in [0, 0.05) is 17.5 Å². The summed E-state index contributed by atoms with van der Waals surface area (Å²) in [6.07, 6.45) is 3.43. The average Bonchev–Trinajstić information content (AvgIpc) is 3.01. The molecular weight excluding hydrogens is 352 g/mol. The Hall–Kier alpha value is -2.73. The molecule has 0 spiro atoms. The van der Waals surface area contributed by atoms with Gasteiger partial charge in [0.2, 0.25) is 0 Å². The van der Waals surface area contributed by atoms with Gasteiger partial charge < -0.3 is 4.57 Å². The summed E-state index contributed by atoms with van der Waals surface area (Å²) in [7, 11) is 0. The van der Waals surface area contributed by atoms with E-state index >= 15 is 0 Å². The van der Waals surface area contributed by atoms with Gasteiger partial charge >= 0.3 is 0 Å². The summed E-state index contributed by atoms with van der Waals surface area (Å²) in [5, 5.41) is 0.778. The SMILES string of the molecule is Fc1ccc(CSc2nc3ccncc3n2Cc2ccccc2F)cc1. The molecule has 6 heteroatoms. The first-order valence-corrected chi connectivity index (χ1v) is 9.10. The Morgan fingerprint density at radius 2 is 1.77 bits per heavy atom. The van der Waals surface area contributed by atoms with Crippen LogP contribution < -0.4 is 0 Å². The van der Waals surface area contributed by atoms with Crippen LogP contribution in [0.2, 0.25) is 0 Å². The highest BCUT2D eigenvalue weighted by Crippen LogP contribution is 2.27. The van der Waals surface area contributed by atoms with Gasteiger partial charge in [0.25, 0.3) is 0 Å². The maximum absolute atomic E-state index is 14.1. The maximum atomic E-state index is 14.1. The average molecular weight is 367 g/mol. The Morgan fingerprint density at radius 3 is 2.58 bits per heavy atom. The second kappa shape index (κ2) is 7.25. The standard InChI is InChI=1S/C20H15F2N3S/c21-16-7-5-14(6-8-16)13-26-20-24-18-9-10-23-11-19(18)25(20)12-15-3-1-2-4-17(15)22/h1-11H,12-13H2. The third-order valence-corrected chi connectivity index (χ3v) is 5.13. The van der Waals surface area contributed by atoms with Gasteiger partial charge in [0.1, 0.15) is 11.6 Å². The molecule has 2 heterocycles. The van der Waals surface area contributed by atoms with E-state index in [0.717, 1.165) is 21.8 Å². The first-order valence-electron chi connectivity index (χ1n) is 8.11. The first kappa shape index (κ1) is 16.7. The minimum Gasteiger partial charge on any atom is -0.313 e. The number of rotatable bonds is 5. The smallest absolute Gasteiger partial charge is 0.169 e. The van der Waals surface area contributed by atoms with Crippen molar-refractivity contribution in [3.63, 3.8) is 0 Å². The first-order chi connectivity index (χ1) is 12.7. The van der Waals surface area contributed by atoms with Crippen LogP contribution in [0.15, 0.2) is 72.1 Å². The monoisotopic (exact) mass is 367 g/mol. The quantitative estimate of drug-likeness (QED) is 0.463. The molecule has 0 bridgehead atoms. The number of pyridine rings is 1. The molecule has 130 valence electrons. The van der Waals surface area contributed by atoms with Gasteiger partial charge in [0.05, 0.1) is 23.8 Å². The van der Waals surface area contributed by atoms with Gasteiger partial charge in [-0.15, -0.1) is 0 Å². The number of imidazole rings is 1. The maximum Gasteiger partial charge on any atom is 0.169 e. The molecular formula is C20H15F2N3S. The lowest BCUT2D eigenvalue weighted by Crippen LogP contribution is -2.03. The second-order valence-corrected chi connectivity index (χ2v) is 6.79. The van der Waals surface area contributed by atoms with Crippen molar-refractivity contribution < 1.29 is 8.78 Å². The Kier molecular flexibility index (Phi) is 4.67. The molecule has 0 fully saturated rings. The van der Waals surface area contributed by atoms with E-state index in [4.69, 9.17) is 0 Å². The fraction of sp³-hybridized carbons (Fsp3) is 0.100. The molecule has 4 rings (SSSR count). The number of benzene rings is 2. The predicted molar refractivity (Wildman–Crippen MR) is 99.0 cm³/mol. The van der Waals surface area contributed by atoms with Crippen LogP contribution in [0.3, 0.4) is 0 Å². The van der Waals surface area contributed by atoms with E-state index in [1.165, 1.54) is 30.0 Å². The third-order valence-electron chi connectivity index (χ3n) is 4.08. The van der Waals surface area contributed by atoms with Crippen LogP contribution >= 0.6 is 11.8 Å². The molecule has 0 atom stereocenters.